The van der Waals surface area contributed by atoms with Crippen molar-refractivity contribution in [3.8, 4) is 0 Å². The average Bonchev–Trinajstić information content (AvgIpc) is 2.82. The molecule has 4 nitrogen and oxygen atoms in total. The standard InChI is InChI=1S/C21H26N4/c1-14-15(2)25(13-16-9-7-8-12-23-16)21-19(14)20(22)17-10-5-3-4-6-11-18(17)24-21/h7-9,12H,3-6,10-11,13H2,1-2H3,(H2,22,24). The molecule has 0 bridgehead atoms. The van der Waals surface area contributed by atoms with E-state index in [0.717, 1.165) is 41.8 Å². The van der Waals surface area contributed by atoms with E-state index in [9.17, 15) is 0 Å². The summed E-state index contributed by atoms with van der Waals surface area (Å²) in [7, 11) is 0. The van der Waals surface area contributed by atoms with Gasteiger partial charge in [0.05, 0.1) is 12.2 Å². The lowest BCUT2D eigenvalue weighted by molar-refractivity contribution is 0.610. The zero-order valence-electron chi connectivity index (χ0n) is 15.2. The first-order chi connectivity index (χ1) is 12.2. The molecule has 0 aliphatic heterocycles. The van der Waals surface area contributed by atoms with E-state index in [1.807, 2.05) is 18.3 Å². The Kier molecular flexibility index (Phi) is 4.20. The van der Waals surface area contributed by atoms with Crippen LogP contribution in [0.15, 0.2) is 24.4 Å². The highest BCUT2D eigenvalue weighted by atomic mass is 15.1. The number of hydrogen-bond acceptors (Lipinski definition) is 3. The molecule has 0 amide bonds. The van der Waals surface area contributed by atoms with Crippen LogP contribution < -0.4 is 5.73 Å². The van der Waals surface area contributed by atoms with Crippen molar-refractivity contribution >= 4 is 16.7 Å². The number of hydrogen-bond donors (Lipinski definition) is 1. The maximum Gasteiger partial charge on any atom is 0.143 e. The van der Waals surface area contributed by atoms with Crippen LogP contribution >= 0.6 is 0 Å². The van der Waals surface area contributed by atoms with Gasteiger partial charge in [-0.1, -0.05) is 18.9 Å². The minimum Gasteiger partial charge on any atom is -0.398 e. The van der Waals surface area contributed by atoms with Gasteiger partial charge in [-0.3, -0.25) is 4.98 Å². The van der Waals surface area contributed by atoms with Gasteiger partial charge in [0.1, 0.15) is 5.65 Å². The number of rotatable bonds is 2. The van der Waals surface area contributed by atoms with Crippen molar-refractivity contribution in [3.63, 3.8) is 0 Å². The number of pyridine rings is 2. The minimum atomic E-state index is 0.738. The summed E-state index contributed by atoms with van der Waals surface area (Å²) in [5.74, 6) is 0. The monoisotopic (exact) mass is 334 g/mol. The Balaban J connectivity index is 1.90. The van der Waals surface area contributed by atoms with E-state index >= 15 is 0 Å². The molecule has 0 saturated heterocycles. The van der Waals surface area contributed by atoms with Crippen molar-refractivity contribution in [1.82, 2.24) is 14.5 Å². The topological polar surface area (TPSA) is 56.7 Å². The Morgan fingerprint density at radius 2 is 1.88 bits per heavy atom. The summed E-state index contributed by atoms with van der Waals surface area (Å²) in [5.41, 5.74) is 14.7. The highest BCUT2D eigenvalue weighted by molar-refractivity contribution is 5.95. The highest BCUT2D eigenvalue weighted by Crippen LogP contribution is 2.35. The molecule has 3 aromatic heterocycles. The van der Waals surface area contributed by atoms with E-state index in [4.69, 9.17) is 10.7 Å². The van der Waals surface area contributed by atoms with Gasteiger partial charge in [0.15, 0.2) is 0 Å². The number of nitrogens with zero attached hydrogens (tertiary/aromatic N) is 3. The van der Waals surface area contributed by atoms with Crippen molar-refractivity contribution in [2.45, 2.75) is 58.9 Å². The summed E-state index contributed by atoms with van der Waals surface area (Å²) in [5, 5.41) is 1.15. The quantitative estimate of drug-likeness (QED) is 0.758. The third kappa shape index (κ3) is 2.80. The predicted octanol–water partition coefficient (Wildman–Crippen LogP) is 4.34. The number of anilines is 1. The van der Waals surface area contributed by atoms with Crippen LogP contribution in [0.25, 0.3) is 11.0 Å². The highest BCUT2D eigenvalue weighted by Gasteiger charge is 2.21. The maximum absolute atomic E-state index is 6.67. The molecule has 4 rings (SSSR count). The number of aryl methyl sites for hydroxylation is 2. The second-order valence-corrected chi connectivity index (χ2v) is 7.18. The van der Waals surface area contributed by atoms with Gasteiger partial charge < -0.3 is 10.3 Å². The molecular formula is C21H26N4. The fourth-order valence-electron chi connectivity index (χ4n) is 4.07. The van der Waals surface area contributed by atoms with Gasteiger partial charge in [-0.05, 0) is 62.8 Å². The largest absolute Gasteiger partial charge is 0.398 e. The number of fused-ring (bicyclic) bond motifs is 2. The number of nitrogens with two attached hydrogens (primary N) is 1. The van der Waals surface area contributed by atoms with Crippen LogP contribution in [-0.4, -0.2) is 14.5 Å². The Hall–Kier alpha value is -2.36. The minimum absolute atomic E-state index is 0.738. The molecule has 25 heavy (non-hydrogen) atoms. The molecule has 4 heteroatoms. The summed E-state index contributed by atoms with van der Waals surface area (Å²) >= 11 is 0. The fourth-order valence-corrected chi connectivity index (χ4v) is 4.07. The average molecular weight is 334 g/mol. The Morgan fingerprint density at radius 3 is 2.64 bits per heavy atom. The predicted molar refractivity (Wildman–Crippen MR) is 103 cm³/mol. The van der Waals surface area contributed by atoms with Crippen LogP contribution in [0, 0.1) is 13.8 Å². The number of aromatic nitrogens is 3. The summed E-state index contributed by atoms with van der Waals surface area (Å²) in [6, 6.07) is 6.06. The smallest absolute Gasteiger partial charge is 0.143 e. The lowest BCUT2D eigenvalue weighted by atomic mass is 9.94. The Morgan fingerprint density at radius 1 is 1.08 bits per heavy atom. The maximum atomic E-state index is 6.67. The first-order valence-electron chi connectivity index (χ1n) is 9.33. The van der Waals surface area contributed by atoms with Crippen molar-refractivity contribution < 1.29 is 0 Å². The first-order valence-corrected chi connectivity index (χ1v) is 9.33. The van der Waals surface area contributed by atoms with Crippen LogP contribution in [0.2, 0.25) is 0 Å². The molecular weight excluding hydrogens is 308 g/mol. The number of nitrogen functional groups attached to an aromatic ring is 1. The van der Waals surface area contributed by atoms with Crippen LogP contribution in [-0.2, 0) is 19.4 Å². The van der Waals surface area contributed by atoms with Crippen LogP contribution in [0.5, 0.6) is 0 Å². The normalized spacial score (nSPS) is 15.0. The van der Waals surface area contributed by atoms with Crippen molar-refractivity contribution in [2.24, 2.45) is 0 Å². The van der Waals surface area contributed by atoms with Crippen LogP contribution in [0.1, 0.15) is 53.9 Å². The van der Waals surface area contributed by atoms with E-state index in [1.54, 1.807) is 0 Å². The molecule has 0 fully saturated rings. The molecule has 2 N–H and O–H groups in total. The van der Waals surface area contributed by atoms with E-state index in [1.165, 1.54) is 48.2 Å². The van der Waals surface area contributed by atoms with E-state index in [-0.39, 0.29) is 0 Å². The molecule has 130 valence electrons. The second-order valence-electron chi connectivity index (χ2n) is 7.18. The molecule has 0 atom stereocenters. The fraction of sp³-hybridized carbons (Fsp3) is 0.429. The Labute approximate surface area is 149 Å². The first kappa shape index (κ1) is 16.1. The van der Waals surface area contributed by atoms with E-state index < -0.39 is 0 Å². The van der Waals surface area contributed by atoms with E-state index in [2.05, 4.69) is 29.5 Å². The summed E-state index contributed by atoms with van der Waals surface area (Å²) < 4.78 is 2.28. The van der Waals surface area contributed by atoms with E-state index in [0.29, 0.717) is 0 Å². The molecule has 3 aromatic rings. The van der Waals surface area contributed by atoms with Crippen LogP contribution in [0.4, 0.5) is 5.69 Å². The van der Waals surface area contributed by atoms with Crippen LogP contribution in [0.3, 0.4) is 0 Å². The molecule has 0 unspecified atom stereocenters. The molecule has 0 saturated carbocycles. The van der Waals surface area contributed by atoms with Crippen molar-refractivity contribution in [3.05, 3.63) is 52.6 Å². The van der Waals surface area contributed by atoms with Gasteiger partial charge in [-0.2, -0.15) is 0 Å². The third-order valence-electron chi connectivity index (χ3n) is 5.62. The van der Waals surface area contributed by atoms with Gasteiger partial charge >= 0.3 is 0 Å². The SMILES string of the molecule is Cc1c(C)n(Cc2ccccn2)c2nc3c(c(N)c12)CCCCCC3. The summed E-state index contributed by atoms with van der Waals surface area (Å²) in [6.45, 7) is 5.07. The van der Waals surface area contributed by atoms with Crippen molar-refractivity contribution in [1.29, 1.82) is 0 Å². The molecule has 0 radical (unpaired) electrons. The molecule has 1 aliphatic rings. The molecule has 1 aliphatic carbocycles. The van der Waals surface area contributed by atoms with Gasteiger partial charge in [0, 0.05) is 28.7 Å². The molecule has 0 spiro atoms. The van der Waals surface area contributed by atoms with Gasteiger partial charge in [-0.25, -0.2) is 4.98 Å². The second kappa shape index (κ2) is 6.51. The zero-order chi connectivity index (χ0) is 17.4. The summed E-state index contributed by atoms with van der Waals surface area (Å²) in [6.07, 6.45) is 8.99. The van der Waals surface area contributed by atoms with Gasteiger partial charge in [0.2, 0.25) is 0 Å². The molecule has 3 heterocycles. The lowest BCUT2D eigenvalue weighted by Crippen LogP contribution is -2.09. The third-order valence-corrected chi connectivity index (χ3v) is 5.62. The van der Waals surface area contributed by atoms with Gasteiger partial charge in [0.25, 0.3) is 0 Å². The van der Waals surface area contributed by atoms with Gasteiger partial charge in [-0.15, -0.1) is 0 Å². The summed E-state index contributed by atoms with van der Waals surface area (Å²) in [4.78, 5) is 9.60. The zero-order valence-corrected chi connectivity index (χ0v) is 15.2. The molecule has 0 aromatic carbocycles. The lowest BCUT2D eigenvalue weighted by Gasteiger charge is -2.17. The Bertz CT molecular complexity index is 909. The van der Waals surface area contributed by atoms with Crippen molar-refractivity contribution in [2.75, 3.05) is 5.73 Å².